The van der Waals surface area contributed by atoms with Crippen LogP contribution in [0.3, 0.4) is 0 Å². The smallest absolute Gasteiger partial charge is 0.319 e. The molecule has 2 atom stereocenters. The first kappa shape index (κ1) is 11.4. The molecule has 90 valence electrons. The highest BCUT2D eigenvalue weighted by Gasteiger charge is 2.58. The van der Waals surface area contributed by atoms with Gasteiger partial charge < -0.3 is 14.7 Å². The molecule has 1 aliphatic heterocycles. The molecule has 0 unspecified atom stereocenters. The highest BCUT2D eigenvalue weighted by molar-refractivity contribution is 6.04. The Labute approximate surface area is 94.4 Å². The molecule has 1 heterocycles. The van der Waals surface area contributed by atoms with Gasteiger partial charge >= 0.3 is 5.97 Å². The fourth-order valence-electron chi connectivity index (χ4n) is 2.29. The van der Waals surface area contributed by atoms with Crippen molar-refractivity contribution in [1.29, 1.82) is 0 Å². The molecule has 0 aromatic heterocycles. The molecule has 5 nitrogen and oxygen atoms in total. The normalized spacial score (nSPS) is 32.2. The lowest BCUT2D eigenvalue weighted by atomic mass is 10.0. The third-order valence-electron chi connectivity index (χ3n) is 3.28. The molecule has 0 aromatic rings. The van der Waals surface area contributed by atoms with Crippen LogP contribution in [0, 0.1) is 5.41 Å². The predicted octanol–water partition coefficient (Wildman–Crippen LogP) is 0.487. The number of morpholine rings is 1. The molecule has 0 bridgehead atoms. The Balaban J connectivity index is 2.07. The number of ether oxygens (including phenoxy) is 1. The summed E-state index contributed by atoms with van der Waals surface area (Å²) in [5.74, 6) is -1.22. The van der Waals surface area contributed by atoms with Gasteiger partial charge in [-0.25, -0.2) is 0 Å². The van der Waals surface area contributed by atoms with Gasteiger partial charge in [0, 0.05) is 13.1 Å². The summed E-state index contributed by atoms with van der Waals surface area (Å²) in [6.45, 7) is 4.79. The highest BCUT2D eigenvalue weighted by atomic mass is 16.5. The van der Waals surface area contributed by atoms with Crippen molar-refractivity contribution in [2.75, 3.05) is 13.1 Å². The minimum atomic E-state index is -1.11. The maximum atomic E-state index is 12.1. The van der Waals surface area contributed by atoms with Gasteiger partial charge in [-0.1, -0.05) is 0 Å². The van der Waals surface area contributed by atoms with E-state index in [-0.39, 0.29) is 18.1 Å². The number of carbonyl (C=O) groups is 2. The fraction of sp³-hybridized carbons (Fsp3) is 0.818. The number of aliphatic carboxylic acids is 1. The number of nitrogens with zero attached hydrogens (tertiary/aromatic N) is 1. The van der Waals surface area contributed by atoms with Gasteiger partial charge in [-0.15, -0.1) is 0 Å². The van der Waals surface area contributed by atoms with Crippen LogP contribution in [0.25, 0.3) is 0 Å². The van der Waals surface area contributed by atoms with Crippen molar-refractivity contribution < 1.29 is 19.4 Å². The third kappa shape index (κ3) is 1.80. The molecule has 2 rings (SSSR count). The monoisotopic (exact) mass is 227 g/mol. The minimum absolute atomic E-state index is 0.0164. The fourth-order valence-corrected chi connectivity index (χ4v) is 2.29. The van der Waals surface area contributed by atoms with E-state index in [9.17, 15) is 9.59 Å². The Morgan fingerprint density at radius 1 is 1.25 bits per heavy atom. The summed E-state index contributed by atoms with van der Waals surface area (Å²) in [6.07, 6.45) is 0.914. The number of amides is 1. The van der Waals surface area contributed by atoms with Crippen molar-refractivity contribution in [3.05, 3.63) is 0 Å². The van der Waals surface area contributed by atoms with E-state index in [0.29, 0.717) is 25.9 Å². The van der Waals surface area contributed by atoms with E-state index in [0.717, 1.165) is 0 Å². The van der Waals surface area contributed by atoms with Gasteiger partial charge in [-0.2, -0.15) is 0 Å². The van der Waals surface area contributed by atoms with Crippen LogP contribution in [0.1, 0.15) is 26.7 Å². The molecule has 2 fully saturated rings. The first-order chi connectivity index (χ1) is 7.45. The summed E-state index contributed by atoms with van der Waals surface area (Å²) < 4.78 is 5.52. The molecule has 1 saturated heterocycles. The molecule has 1 N–H and O–H groups in total. The second-order valence-corrected chi connectivity index (χ2v) is 4.85. The summed E-state index contributed by atoms with van der Waals surface area (Å²) in [6, 6.07) is 0. The average Bonchev–Trinajstić information content (AvgIpc) is 2.95. The second-order valence-electron chi connectivity index (χ2n) is 4.85. The number of carboxylic acids is 1. The molecule has 2 aliphatic rings. The minimum Gasteiger partial charge on any atom is -0.480 e. The largest absolute Gasteiger partial charge is 0.480 e. The Morgan fingerprint density at radius 3 is 2.12 bits per heavy atom. The van der Waals surface area contributed by atoms with Crippen molar-refractivity contribution in [2.45, 2.75) is 38.9 Å². The zero-order valence-electron chi connectivity index (χ0n) is 9.60. The second kappa shape index (κ2) is 3.73. The summed E-state index contributed by atoms with van der Waals surface area (Å²) >= 11 is 0. The quantitative estimate of drug-likeness (QED) is 0.697. The molecule has 1 aliphatic carbocycles. The summed E-state index contributed by atoms with van der Waals surface area (Å²) in [5.41, 5.74) is -1.11. The van der Waals surface area contributed by atoms with Crippen LogP contribution in [0.4, 0.5) is 0 Å². The Kier molecular flexibility index (Phi) is 2.66. The van der Waals surface area contributed by atoms with Gasteiger partial charge in [-0.3, -0.25) is 9.59 Å². The SMILES string of the molecule is C[C@@H]1CN(C(=O)C2(C(=O)O)CC2)C[C@H](C)O1. The van der Waals surface area contributed by atoms with Crippen molar-refractivity contribution in [3.63, 3.8) is 0 Å². The van der Waals surface area contributed by atoms with Gasteiger partial charge in [0.1, 0.15) is 5.41 Å². The van der Waals surface area contributed by atoms with Crippen molar-refractivity contribution in [1.82, 2.24) is 4.90 Å². The topological polar surface area (TPSA) is 66.8 Å². The van der Waals surface area contributed by atoms with Crippen LogP contribution in [-0.2, 0) is 14.3 Å². The van der Waals surface area contributed by atoms with Gasteiger partial charge in [0.25, 0.3) is 0 Å². The maximum Gasteiger partial charge on any atom is 0.319 e. The molecule has 0 spiro atoms. The van der Waals surface area contributed by atoms with Crippen LogP contribution >= 0.6 is 0 Å². The molecular weight excluding hydrogens is 210 g/mol. The number of rotatable bonds is 2. The van der Waals surface area contributed by atoms with E-state index in [1.807, 2.05) is 13.8 Å². The van der Waals surface area contributed by atoms with Crippen molar-refractivity contribution >= 4 is 11.9 Å². The van der Waals surface area contributed by atoms with Crippen LogP contribution in [0.15, 0.2) is 0 Å². The van der Waals surface area contributed by atoms with Crippen LogP contribution in [0.5, 0.6) is 0 Å². The Morgan fingerprint density at radius 2 is 1.75 bits per heavy atom. The van der Waals surface area contributed by atoms with E-state index in [4.69, 9.17) is 9.84 Å². The Bertz CT molecular complexity index is 314. The van der Waals surface area contributed by atoms with Crippen molar-refractivity contribution in [3.8, 4) is 0 Å². The van der Waals surface area contributed by atoms with Gasteiger partial charge in [0.2, 0.25) is 5.91 Å². The first-order valence-corrected chi connectivity index (χ1v) is 5.64. The predicted molar refractivity (Wildman–Crippen MR) is 55.9 cm³/mol. The van der Waals surface area contributed by atoms with Crippen LogP contribution in [0.2, 0.25) is 0 Å². The lowest BCUT2D eigenvalue weighted by molar-refractivity contribution is -0.159. The molecule has 1 saturated carbocycles. The highest BCUT2D eigenvalue weighted by Crippen LogP contribution is 2.47. The number of hydrogen-bond donors (Lipinski definition) is 1. The third-order valence-corrected chi connectivity index (χ3v) is 3.28. The van der Waals surface area contributed by atoms with E-state index in [1.54, 1.807) is 4.90 Å². The van der Waals surface area contributed by atoms with E-state index in [2.05, 4.69) is 0 Å². The summed E-state index contributed by atoms with van der Waals surface area (Å²) in [4.78, 5) is 24.8. The van der Waals surface area contributed by atoms with E-state index in [1.165, 1.54) is 0 Å². The molecule has 1 amide bonds. The zero-order chi connectivity index (χ0) is 11.9. The average molecular weight is 227 g/mol. The standard InChI is InChI=1S/C11H17NO4/c1-7-5-12(6-8(2)16-7)9(13)11(3-4-11)10(14)15/h7-8H,3-6H2,1-2H3,(H,14,15)/t7-,8+. The zero-order valence-corrected chi connectivity index (χ0v) is 9.60. The van der Waals surface area contributed by atoms with E-state index < -0.39 is 11.4 Å². The van der Waals surface area contributed by atoms with Gasteiger partial charge in [-0.05, 0) is 26.7 Å². The lowest BCUT2D eigenvalue weighted by Crippen LogP contribution is -2.51. The van der Waals surface area contributed by atoms with Crippen molar-refractivity contribution in [2.24, 2.45) is 5.41 Å². The summed E-state index contributed by atoms with van der Waals surface area (Å²) in [7, 11) is 0. The molecule has 0 aromatic carbocycles. The van der Waals surface area contributed by atoms with E-state index >= 15 is 0 Å². The molecule has 5 heteroatoms. The first-order valence-electron chi connectivity index (χ1n) is 5.64. The molecule has 16 heavy (non-hydrogen) atoms. The molecule has 0 radical (unpaired) electrons. The summed E-state index contributed by atoms with van der Waals surface area (Å²) in [5, 5.41) is 9.06. The van der Waals surface area contributed by atoms with Gasteiger partial charge in [0.15, 0.2) is 0 Å². The maximum absolute atomic E-state index is 12.1. The number of carbonyl (C=O) groups excluding carboxylic acids is 1. The number of carboxylic acid groups (broad SMARTS) is 1. The molecular formula is C11H17NO4. The lowest BCUT2D eigenvalue weighted by Gasteiger charge is -2.36. The number of hydrogen-bond acceptors (Lipinski definition) is 3. The van der Waals surface area contributed by atoms with Crippen LogP contribution < -0.4 is 0 Å². The Hall–Kier alpha value is -1.10. The van der Waals surface area contributed by atoms with Crippen LogP contribution in [-0.4, -0.2) is 47.2 Å². The van der Waals surface area contributed by atoms with Gasteiger partial charge in [0.05, 0.1) is 12.2 Å².